The van der Waals surface area contributed by atoms with Crippen LogP contribution in [0.2, 0.25) is 0 Å². The van der Waals surface area contributed by atoms with Crippen LogP contribution < -0.4 is 15.1 Å². The number of piperazine rings is 1. The van der Waals surface area contributed by atoms with Crippen LogP contribution >= 0.6 is 0 Å². The van der Waals surface area contributed by atoms with E-state index >= 15 is 0 Å². The molecule has 1 amide bonds. The Kier molecular flexibility index (Phi) is 6.35. The van der Waals surface area contributed by atoms with Crippen molar-refractivity contribution in [1.82, 2.24) is 5.32 Å². The Bertz CT molecular complexity index is 1240. The fourth-order valence-corrected chi connectivity index (χ4v) is 5.26. The quantitative estimate of drug-likeness (QED) is 0.432. The van der Waals surface area contributed by atoms with Crippen LogP contribution in [-0.2, 0) is 17.6 Å². The molecule has 2 aliphatic rings. The number of nitro groups is 1. The van der Waals surface area contributed by atoms with Crippen molar-refractivity contribution in [2.24, 2.45) is 5.92 Å². The van der Waals surface area contributed by atoms with E-state index in [4.69, 9.17) is 0 Å². The number of hydrogen-bond donors (Lipinski definition) is 1. The number of rotatable bonds is 6. The number of carbonyl (C=O) groups excluding carboxylic acids is 1. The maximum absolute atomic E-state index is 14.5. The van der Waals surface area contributed by atoms with E-state index in [1.54, 1.807) is 24.3 Å². The van der Waals surface area contributed by atoms with Gasteiger partial charge in [-0.05, 0) is 42.2 Å². The summed E-state index contributed by atoms with van der Waals surface area (Å²) in [6.07, 6.45) is 1.12. The number of fused-ring (bicyclic) bond motifs is 3. The Labute approximate surface area is 203 Å². The Balaban J connectivity index is 1.40. The summed E-state index contributed by atoms with van der Waals surface area (Å²) in [4.78, 5) is 28.5. The fraction of sp³-hybridized carbons (Fsp3) is 0.296. The molecule has 0 spiro atoms. The molecule has 8 heteroatoms. The number of para-hydroxylation sites is 1. The first-order valence-electron chi connectivity index (χ1n) is 11.9. The van der Waals surface area contributed by atoms with Gasteiger partial charge in [0.05, 0.1) is 22.6 Å². The lowest BCUT2D eigenvalue weighted by Gasteiger charge is -2.49. The van der Waals surface area contributed by atoms with Crippen molar-refractivity contribution in [3.05, 3.63) is 99.9 Å². The maximum Gasteiger partial charge on any atom is 0.269 e. The molecule has 0 aromatic heterocycles. The van der Waals surface area contributed by atoms with Gasteiger partial charge in [-0.2, -0.15) is 0 Å². The van der Waals surface area contributed by atoms with Crippen LogP contribution in [0.25, 0.3) is 0 Å². The van der Waals surface area contributed by atoms with Crippen LogP contribution in [-0.4, -0.2) is 43.1 Å². The lowest BCUT2D eigenvalue weighted by atomic mass is 9.83. The van der Waals surface area contributed by atoms with Gasteiger partial charge in [0.1, 0.15) is 5.82 Å². The first-order chi connectivity index (χ1) is 17.0. The minimum Gasteiger partial charge on any atom is -0.365 e. The molecule has 5 rings (SSSR count). The third kappa shape index (κ3) is 4.69. The molecule has 7 nitrogen and oxygen atoms in total. The molecule has 0 aliphatic carbocycles. The van der Waals surface area contributed by atoms with Crippen molar-refractivity contribution in [1.29, 1.82) is 0 Å². The second kappa shape index (κ2) is 9.74. The van der Waals surface area contributed by atoms with Crippen molar-refractivity contribution >= 4 is 23.0 Å². The summed E-state index contributed by atoms with van der Waals surface area (Å²) in [5.74, 6) is -0.769. The second-order valence-corrected chi connectivity index (χ2v) is 9.07. The largest absolute Gasteiger partial charge is 0.365 e. The van der Waals surface area contributed by atoms with Gasteiger partial charge in [0, 0.05) is 44.0 Å². The van der Waals surface area contributed by atoms with E-state index in [1.807, 2.05) is 41.3 Å². The van der Waals surface area contributed by atoms with E-state index in [0.29, 0.717) is 38.3 Å². The highest BCUT2D eigenvalue weighted by Gasteiger charge is 2.42. The Morgan fingerprint density at radius 3 is 2.57 bits per heavy atom. The lowest BCUT2D eigenvalue weighted by molar-refractivity contribution is -0.384. The van der Waals surface area contributed by atoms with Gasteiger partial charge in [-0.3, -0.25) is 14.9 Å². The molecule has 2 heterocycles. The standard InChI is InChI=1S/C27H27FN4O3/c28-23-8-4-5-9-25(23)30-14-15-31-24-11-10-21(32(34)35)16-20(24)17-22(26(31)18-30)27(33)29-13-12-19-6-2-1-3-7-19/h1-11,16,22,26H,12-15,17-18H2,(H,29,33). The fourth-order valence-electron chi connectivity index (χ4n) is 5.26. The number of carbonyl (C=O) groups is 1. The van der Waals surface area contributed by atoms with Crippen molar-refractivity contribution in [2.75, 3.05) is 36.0 Å². The van der Waals surface area contributed by atoms with E-state index in [2.05, 4.69) is 10.2 Å². The summed E-state index contributed by atoms with van der Waals surface area (Å²) >= 11 is 0. The Morgan fingerprint density at radius 1 is 1.03 bits per heavy atom. The number of anilines is 2. The summed E-state index contributed by atoms with van der Waals surface area (Å²) in [6.45, 7) is 2.19. The summed E-state index contributed by atoms with van der Waals surface area (Å²) in [7, 11) is 0. The predicted octanol–water partition coefficient (Wildman–Crippen LogP) is 3.96. The molecular formula is C27H27FN4O3. The smallest absolute Gasteiger partial charge is 0.269 e. The molecule has 2 aliphatic heterocycles. The van der Waals surface area contributed by atoms with Gasteiger partial charge in [-0.25, -0.2) is 4.39 Å². The maximum atomic E-state index is 14.5. The monoisotopic (exact) mass is 474 g/mol. The van der Waals surface area contributed by atoms with Gasteiger partial charge < -0.3 is 15.1 Å². The van der Waals surface area contributed by atoms with Gasteiger partial charge in [-0.15, -0.1) is 0 Å². The van der Waals surface area contributed by atoms with Gasteiger partial charge >= 0.3 is 0 Å². The zero-order chi connectivity index (χ0) is 24.4. The van der Waals surface area contributed by atoms with E-state index in [0.717, 1.165) is 23.2 Å². The van der Waals surface area contributed by atoms with Crippen molar-refractivity contribution in [3.63, 3.8) is 0 Å². The number of benzene rings is 3. The number of nitro benzene ring substituents is 1. The van der Waals surface area contributed by atoms with Crippen LogP contribution in [0.3, 0.4) is 0 Å². The van der Waals surface area contributed by atoms with Crippen LogP contribution in [0, 0.1) is 21.8 Å². The van der Waals surface area contributed by atoms with Crippen molar-refractivity contribution in [2.45, 2.75) is 18.9 Å². The van der Waals surface area contributed by atoms with Crippen LogP contribution in [0.1, 0.15) is 11.1 Å². The van der Waals surface area contributed by atoms with E-state index < -0.39 is 10.8 Å². The van der Waals surface area contributed by atoms with E-state index in [1.165, 1.54) is 12.1 Å². The number of halogens is 1. The number of amides is 1. The third-order valence-electron chi connectivity index (χ3n) is 6.99. The molecule has 0 radical (unpaired) electrons. The first kappa shape index (κ1) is 22.8. The highest BCUT2D eigenvalue weighted by molar-refractivity contribution is 5.82. The third-order valence-corrected chi connectivity index (χ3v) is 6.99. The SMILES string of the molecule is O=C(NCCc1ccccc1)C1Cc2cc([N+](=O)[O-])ccc2N2CCN(c3ccccc3F)CC12. The van der Waals surface area contributed by atoms with Crippen LogP contribution in [0.5, 0.6) is 0 Å². The molecule has 0 saturated carbocycles. The number of nitrogens with zero attached hydrogens (tertiary/aromatic N) is 3. The number of nitrogens with one attached hydrogen (secondary N) is 1. The minimum atomic E-state index is -0.408. The minimum absolute atomic E-state index is 0.0235. The van der Waals surface area contributed by atoms with Crippen LogP contribution in [0.15, 0.2) is 72.8 Å². The molecule has 2 atom stereocenters. The molecule has 2 unspecified atom stereocenters. The molecule has 0 bridgehead atoms. The summed E-state index contributed by atoms with van der Waals surface area (Å²) in [5, 5.41) is 14.4. The number of hydrogen-bond acceptors (Lipinski definition) is 5. The highest BCUT2D eigenvalue weighted by Crippen LogP contribution is 2.38. The summed E-state index contributed by atoms with van der Waals surface area (Å²) < 4.78 is 14.5. The van der Waals surface area contributed by atoms with Gasteiger partial charge in [0.15, 0.2) is 0 Å². The molecule has 3 aromatic rings. The zero-order valence-corrected chi connectivity index (χ0v) is 19.3. The molecule has 1 fully saturated rings. The normalized spacial score (nSPS) is 19.0. The zero-order valence-electron chi connectivity index (χ0n) is 19.3. The first-order valence-corrected chi connectivity index (χ1v) is 11.9. The average Bonchev–Trinajstić information content (AvgIpc) is 2.88. The Hall–Kier alpha value is -3.94. The van der Waals surface area contributed by atoms with Crippen molar-refractivity contribution in [3.8, 4) is 0 Å². The lowest BCUT2D eigenvalue weighted by Crippen LogP contribution is -2.61. The predicted molar refractivity (Wildman–Crippen MR) is 133 cm³/mol. The van der Waals surface area contributed by atoms with Gasteiger partial charge in [0.25, 0.3) is 5.69 Å². The molecule has 180 valence electrons. The van der Waals surface area contributed by atoms with Crippen molar-refractivity contribution < 1.29 is 14.1 Å². The molecule has 3 aromatic carbocycles. The second-order valence-electron chi connectivity index (χ2n) is 9.07. The van der Waals surface area contributed by atoms with Gasteiger partial charge in [0.2, 0.25) is 5.91 Å². The molecule has 1 N–H and O–H groups in total. The van der Waals surface area contributed by atoms with E-state index in [-0.39, 0.29) is 23.5 Å². The van der Waals surface area contributed by atoms with Crippen LogP contribution in [0.4, 0.5) is 21.5 Å². The van der Waals surface area contributed by atoms with Gasteiger partial charge in [-0.1, -0.05) is 42.5 Å². The average molecular weight is 475 g/mol. The molecule has 1 saturated heterocycles. The highest BCUT2D eigenvalue weighted by atomic mass is 19.1. The summed E-state index contributed by atoms with van der Waals surface area (Å²) in [5.41, 5.74) is 3.42. The molecular weight excluding hydrogens is 447 g/mol. The topological polar surface area (TPSA) is 78.7 Å². The summed E-state index contributed by atoms with van der Waals surface area (Å²) in [6, 6.07) is 21.4. The Morgan fingerprint density at radius 2 is 1.80 bits per heavy atom. The molecule has 35 heavy (non-hydrogen) atoms. The van der Waals surface area contributed by atoms with E-state index in [9.17, 15) is 19.3 Å². The number of non-ortho nitro benzene ring substituents is 1.